The van der Waals surface area contributed by atoms with Gasteiger partial charge in [-0.15, -0.1) is 0 Å². The third-order valence-corrected chi connectivity index (χ3v) is 5.91. The maximum atomic E-state index is 13.6. The third-order valence-electron chi connectivity index (χ3n) is 3.94. The van der Waals surface area contributed by atoms with Gasteiger partial charge in [-0.05, 0) is 37.0 Å². The summed E-state index contributed by atoms with van der Waals surface area (Å²) in [6, 6.07) is 3.84. The fourth-order valence-corrected chi connectivity index (χ4v) is 4.30. The first kappa shape index (κ1) is 17.8. The van der Waals surface area contributed by atoms with Gasteiger partial charge in [0.1, 0.15) is 10.7 Å². The van der Waals surface area contributed by atoms with Crippen LogP contribution >= 0.6 is 15.9 Å². The van der Waals surface area contributed by atoms with Gasteiger partial charge in [-0.3, -0.25) is 0 Å². The number of hydrogen-bond acceptors (Lipinski definition) is 3. The molecule has 1 N–H and O–H groups in total. The van der Waals surface area contributed by atoms with Gasteiger partial charge in [-0.1, -0.05) is 35.7 Å². The Hall–Kier alpha value is -0.500. The fourth-order valence-electron chi connectivity index (χ4n) is 2.68. The van der Waals surface area contributed by atoms with E-state index in [2.05, 4.69) is 27.6 Å². The molecule has 2 unspecified atom stereocenters. The van der Waals surface area contributed by atoms with Gasteiger partial charge in [0.15, 0.2) is 0 Å². The van der Waals surface area contributed by atoms with E-state index in [0.717, 1.165) is 25.3 Å². The second-order valence-electron chi connectivity index (χ2n) is 5.64. The molecule has 4 nitrogen and oxygen atoms in total. The highest BCUT2D eigenvalue weighted by Gasteiger charge is 2.22. The molecule has 7 heteroatoms. The van der Waals surface area contributed by atoms with Crippen molar-refractivity contribution in [3.05, 3.63) is 28.5 Å². The lowest BCUT2D eigenvalue weighted by Crippen LogP contribution is -2.32. The molecule has 1 fully saturated rings. The lowest BCUT2D eigenvalue weighted by atomic mass is 9.88. The van der Waals surface area contributed by atoms with Crippen LogP contribution in [0.3, 0.4) is 0 Å². The lowest BCUT2D eigenvalue weighted by Gasteiger charge is -2.28. The quantitative estimate of drug-likeness (QED) is 0.752. The number of hydrogen-bond donors (Lipinski definition) is 1. The molecule has 0 radical (unpaired) electrons. The van der Waals surface area contributed by atoms with Crippen molar-refractivity contribution in [1.82, 2.24) is 4.72 Å². The van der Waals surface area contributed by atoms with Crippen molar-refractivity contribution in [2.24, 2.45) is 5.92 Å². The van der Waals surface area contributed by atoms with Crippen molar-refractivity contribution >= 4 is 26.0 Å². The first-order valence-corrected chi connectivity index (χ1v) is 9.74. The Morgan fingerprint density at radius 1 is 1.36 bits per heavy atom. The molecule has 1 aromatic carbocycles. The van der Waals surface area contributed by atoms with Crippen LogP contribution in [-0.4, -0.2) is 27.7 Å². The number of benzene rings is 1. The van der Waals surface area contributed by atoms with Crippen molar-refractivity contribution < 1.29 is 17.5 Å². The van der Waals surface area contributed by atoms with E-state index >= 15 is 0 Å². The molecule has 1 saturated carbocycles. The smallest absolute Gasteiger partial charge is 0.243 e. The number of ether oxygens (including phenoxy) is 1. The normalized spacial score (nSPS) is 22.7. The zero-order chi connectivity index (χ0) is 16.2. The highest BCUT2D eigenvalue weighted by atomic mass is 79.9. The second-order valence-corrected chi connectivity index (χ2v) is 8.29. The van der Waals surface area contributed by atoms with Gasteiger partial charge < -0.3 is 4.74 Å². The van der Waals surface area contributed by atoms with Crippen LogP contribution in [-0.2, 0) is 14.8 Å². The predicted molar refractivity (Wildman–Crippen MR) is 86.7 cm³/mol. The minimum absolute atomic E-state index is 0.136. The van der Waals surface area contributed by atoms with Crippen molar-refractivity contribution in [1.29, 1.82) is 0 Å². The highest BCUT2D eigenvalue weighted by molar-refractivity contribution is 9.10. The number of halogens is 2. The van der Waals surface area contributed by atoms with Gasteiger partial charge in [0.2, 0.25) is 10.0 Å². The molecule has 22 heavy (non-hydrogen) atoms. The van der Waals surface area contributed by atoms with E-state index in [1.54, 1.807) is 0 Å². The van der Waals surface area contributed by atoms with Gasteiger partial charge in [-0.25, -0.2) is 17.5 Å². The Labute approximate surface area is 139 Å². The first-order valence-electron chi connectivity index (χ1n) is 7.46. The topological polar surface area (TPSA) is 55.4 Å². The van der Waals surface area contributed by atoms with Crippen LogP contribution in [0.15, 0.2) is 27.6 Å². The zero-order valence-corrected chi connectivity index (χ0v) is 14.9. The van der Waals surface area contributed by atoms with Crippen LogP contribution in [0, 0.1) is 11.7 Å². The van der Waals surface area contributed by atoms with Crippen molar-refractivity contribution in [2.75, 3.05) is 13.2 Å². The van der Waals surface area contributed by atoms with Gasteiger partial charge >= 0.3 is 0 Å². The summed E-state index contributed by atoms with van der Waals surface area (Å²) in [6.07, 6.45) is 4.76. The Morgan fingerprint density at radius 3 is 2.82 bits per heavy atom. The SMILES string of the molecule is CC1CCCCC1OCCNS(=O)(=O)c1cc(Br)ccc1F. The van der Waals surface area contributed by atoms with Crippen LogP contribution < -0.4 is 4.72 Å². The monoisotopic (exact) mass is 393 g/mol. The molecule has 1 aromatic rings. The minimum Gasteiger partial charge on any atom is -0.377 e. The lowest BCUT2D eigenvalue weighted by molar-refractivity contribution is -0.00177. The zero-order valence-electron chi connectivity index (χ0n) is 12.5. The average molecular weight is 394 g/mol. The van der Waals surface area contributed by atoms with Crippen LogP contribution in [0.4, 0.5) is 4.39 Å². The fraction of sp³-hybridized carbons (Fsp3) is 0.600. The Kier molecular flexibility index (Phi) is 6.37. The summed E-state index contributed by atoms with van der Waals surface area (Å²) in [4.78, 5) is -0.354. The van der Waals surface area contributed by atoms with E-state index in [4.69, 9.17) is 4.74 Å². The molecule has 0 bridgehead atoms. The van der Waals surface area contributed by atoms with E-state index in [0.29, 0.717) is 17.0 Å². The third kappa shape index (κ3) is 4.75. The first-order chi connectivity index (χ1) is 10.4. The van der Waals surface area contributed by atoms with Crippen molar-refractivity contribution in [3.8, 4) is 0 Å². The molecule has 0 spiro atoms. The standard InChI is InChI=1S/C15H21BrFNO3S/c1-11-4-2-3-5-14(11)21-9-8-18-22(19,20)15-10-12(16)6-7-13(15)17/h6-7,10-11,14,18H,2-5,8-9H2,1H3. The summed E-state index contributed by atoms with van der Waals surface area (Å²) < 4.78 is 46.5. The second kappa shape index (κ2) is 7.86. The maximum Gasteiger partial charge on any atom is 0.243 e. The van der Waals surface area contributed by atoms with E-state index in [-0.39, 0.29) is 17.5 Å². The summed E-state index contributed by atoms with van der Waals surface area (Å²) in [6.45, 7) is 2.59. The molecule has 2 rings (SSSR count). The van der Waals surface area contributed by atoms with Gasteiger partial charge in [0.25, 0.3) is 0 Å². The molecule has 124 valence electrons. The summed E-state index contributed by atoms with van der Waals surface area (Å²) in [5.74, 6) is -0.259. The maximum absolute atomic E-state index is 13.6. The summed E-state index contributed by atoms with van der Waals surface area (Å²) >= 11 is 3.15. The number of nitrogens with one attached hydrogen (secondary N) is 1. The Morgan fingerprint density at radius 2 is 2.09 bits per heavy atom. The van der Waals surface area contributed by atoms with E-state index in [9.17, 15) is 12.8 Å². The van der Waals surface area contributed by atoms with Crippen molar-refractivity contribution in [2.45, 2.75) is 43.6 Å². The van der Waals surface area contributed by atoms with Crippen LogP contribution in [0.2, 0.25) is 0 Å². The minimum atomic E-state index is -3.86. The average Bonchev–Trinajstić information content (AvgIpc) is 2.48. The summed E-state index contributed by atoms with van der Waals surface area (Å²) in [5.41, 5.74) is 0. The predicted octanol–water partition coefficient (Wildman–Crippen LogP) is 3.46. The van der Waals surface area contributed by atoms with Crippen LogP contribution in [0.25, 0.3) is 0 Å². The molecule has 0 heterocycles. The summed E-state index contributed by atoms with van der Waals surface area (Å²) in [5, 5.41) is 0. The summed E-state index contributed by atoms with van der Waals surface area (Å²) in [7, 11) is -3.86. The Bertz CT molecular complexity index is 609. The van der Waals surface area contributed by atoms with Crippen molar-refractivity contribution in [3.63, 3.8) is 0 Å². The van der Waals surface area contributed by atoms with Gasteiger partial charge in [-0.2, -0.15) is 0 Å². The molecule has 2 atom stereocenters. The molecule has 0 amide bonds. The van der Waals surface area contributed by atoms with Crippen LogP contribution in [0.1, 0.15) is 32.6 Å². The van der Waals surface area contributed by atoms with E-state index in [1.807, 2.05) is 0 Å². The van der Waals surface area contributed by atoms with Crippen LogP contribution in [0.5, 0.6) is 0 Å². The highest BCUT2D eigenvalue weighted by Crippen LogP contribution is 2.26. The molecule has 1 aliphatic carbocycles. The number of rotatable bonds is 6. The van der Waals surface area contributed by atoms with E-state index < -0.39 is 15.8 Å². The molecule has 1 aliphatic rings. The number of sulfonamides is 1. The molecule has 0 aliphatic heterocycles. The Balaban J connectivity index is 1.86. The van der Waals surface area contributed by atoms with E-state index in [1.165, 1.54) is 18.6 Å². The van der Waals surface area contributed by atoms with Gasteiger partial charge in [0, 0.05) is 11.0 Å². The molecule has 0 saturated heterocycles. The largest absolute Gasteiger partial charge is 0.377 e. The molecular weight excluding hydrogens is 373 g/mol. The molecule has 0 aromatic heterocycles. The molecular formula is C15H21BrFNO3S. The van der Waals surface area contributed by atoms with Gasteiger partial charge in [0.05, 0.1) is 12.7 Å².